The van der Waals surface area contributed by atoms with Gasteiger partial charge >= 0.3 is 0 Å². The van der Waals surface area contributed by atoms with Crippen LogP contribution >= 0.6 is 12.4 Å². The number of rotatable bonds is 5. The molecule has 1 aliphatic heterocycles. The van der Waals surface area contributed by atoms with Crippen LogP contribution in [0.1, 0.15) is 12.0 Å². The van der Waals surface area contributed by atoms with Gasteiger partial charge in [-0.15, -0.1) is 12.4 Å². The monoisotopic (exact) mass is 272 g/mol. The fourth-order valence-corrected chi connectivity index (χ4v) is 1.65. The van der Waals surface area contributed by atoms with E-state index in [0.29, 0.717) is 19.5 Å². The summed E-state index contributed by atoms with van der Waals surface area (Å²) in [4.78, 5) is 11.5. The molecule has 6 heteroatoms. The summed E-state index contributed by atoms with van der Waals surface area (Å²) >= 11 is 0. The predicted molar refractivity (Wildman–Crippen MR) is 70.2 cm³/mol. The summed E-state index contributed by atoms with van der Waals surface area (Å²) in [6, 6.07) is 5.67. The van der Waals surface area contributed by atoms with Crippen LogP contribution < -0.4 is 20.1 Å². The van der Waals surface area contributed by atoms with Crippen LogP contribution in [0.25, 0.3) is 0 Å². The number of carbonyl (C=O) groups excluding carboxylic acids is 1. The number of nitrogens with one attached hydrogen (secondary N) is 2. The van der Waals surface area contributed by atoms with Crippen LogP contribution in [0, 0.1) is 0 Å². The average Bonchev–Trinajstić information content (AvgIpc) is 2.82. The molecule has 0 saturated heterocycles. The average molecular weight is 273 g/mol. The first-order chi connectivity index (χ1) is 8.31. The van der Waals surface area contributed by atoms with Gasteiger partial charge in [-0.3, -0.25) is 4.79 Å². The number of hydrogen-bond donors (Lipinski definition) is 2. The number of ether oxygens (including phenoxy) is 2. The van der Waals surface area contributed by atoms with E-state index in [1.165, 1.54) is 0 Å². The lowest BCUT2D eigenvalue weighted by atomic mass is 10.2. The van der Waals surface area contributed by atoms with Crippen molar-refractivity contribution in [3.8, 4) is 11.5 Å². The van der Waals surface area contributed by atoms with E-state index in [-0.39, 0.29) is 25.1 Å². The van der Waals surface area contributed by atoms with Crippen LogP contribution in [0.3, 0.4) is 0 Å². The minimum atomic E-state index is 0. The van der Waals surface area contributed by atoms with Crippen LogP contribution in [-0.2, 0) is 11.3 Å². The number of fused-ring (bicyclic) bond motifs is 1. The first-order valence-corrected chi connectivity index (χ1v) is 5.60. The van der Waals surface area contributed by atoms with Gasteiger partial charge in [0, 0.05) is 25.1 Å². The SMILES string of the molecule is CNCCC(=O)NCc1cccc2c1OCO2.Cl. The normalized spacial score (nSPS) is 11.8. The quantitative estimate of drug-likeness (QED) is 0.842. The van der Waals surface area contributed by atoms with Gasteiger partial charge in [0.25, 0.3) is 0 Å². The molecule has 1 aromatic carbocycles. The van der Waals surface area contributed by atoms with Crippen LogP contribution in [0.4, 0.5) is 0 Å². The number of halogens is 1. The molecule has 1 aliphatic rings. The third kappa shape index (κ3) is 3.51. The van der Waals surface area contributed by atoms with Gasteiger partial charge in [0.15, 0.2) is 11.5 Å². The van der Waals surface area contributed by atoms with Gasteiger partial charge in [0.05, 0.1) is 0 Å². The standard InChI is InChI=1S/C12H16N2O3.ClH/c1-13-6-5-11(15)14-7-9-3-2-4-10-12(9)17-8-16-10;/h2-4,13H,5-8H2,1H3,(H,14,15);1H. The first kappa shape index (κ1) is 14.6. The molecule has 0 spiro atoms. The van der Waals surface area contributed by atoms with E-state index in [0.717, 1.165) is 17.1 Å². The van der Waals surface area contributed by atoms with E-state index in [1.54, 1.807) is 0 Å². The Kier molecular flexibility index (Phi) is 5.74. The summed E-state index contributed by atoms with van der Waals surface area (Å²) in [6.07, 6.45) is 0.475. The van der Waals surface area contributed by atoms with Crippen molar-refractivity contribution in [3.63, 3.8) is 0 Å². The lowest BCUT2D eigenvalue weighted by molar-refractivity contribution is -0.121. The maximum Gasteiger partial charge on any atom is 0.231 e. The van der Waals surface area contributed by atoms with Crippen LogP contribution in [0.15, 0.2) is 18.2 Å². The molecule has 0 aliphatic carbocycles. The van der Waals surface area contributed by atoms with Crippen LogP contribution in [0.5, 0.6) is 11.5 Å². The van der Waals surface area contributed by atoms with E-state index in [4.69, 9.17) is 9.47 Å². The second kappa shape index (κ2) is 7.08. The van der Waals surface area contributed by atoms with Gasteiger partial charge in [0.1, 0.15) is 0 Å². The Balaban J connectivity index is 0.00000162. The topological polar surface area (TPSA) is 59.6 Å². The zero-order valence-electron chi connectivity index (χ0n) is 10.2. The van der Waals surface area contributed by atoms with Crippen molar-refractivity contribution in [2.24, 2.45) is 0 Å². The molecule has 0 bridgehead atoms. The Labute approximate surface area is 112 Å². The highest BCUT2D eigenvalue weighted by Gasteiger charge is 2.17. The fraction of sp³-hybridized carbons (Fsp3) is 0.417. The molecule has 100 valence electrons. The van der Waals surface area contributed by atoms with Crippen LogP contribution in [-0.4, -0.2) is 26.3 Å². The highest BCUT2D eigenvalue weighted by atomic mass is 35.5. The largest absolute Gasteiger partial charge is 0.454 e. The predicted octanol–water partition coefficient (Wildman–Crippen LogP) is 1.06. The van der Waals surface area contributed by atoms with Crippen molar-refractivity contribution in [3.05, 3.63) is 23.8 Å². The van der Waals surface area contributed by atoms with Crippen LogP contribution in [0.2, 0.25) is 0 Å². The van der Waals surface area contributed by atoms with E-state index in [2.05, 4.69) is 10.6 Å². The summed E-state index contributed by atoms with van der Waals surface area (Å²) in [6.45, 7) is 1.40. The third-order valence-corrected chi connectivity index (χ3v) is 2.56. The highest BCUT2D eigenvalue weighted by Crippen LogP contribution is 2.35. The molecule has 0 unspecified atom stereocenters. The Morgan fingerprint density at radius 1 is 1.39 bits per heavy atom. The number of hydrogen-bond acceptors (Lipinski definition) is 4. The summed E-state index contributed by atoms with van der Waals surface area (Å²) in [5.41, 5.74) is 0.942. The van der Waals surface area contributed by atoms with Gasteiger partial charge in [-0.25, -0.2) is 0 Å². The van der Waals surface area contributed by atoms with Crippen molar-refractivity contribution >= 4 is 18.3 Å². The van der Waals surface area contributed by atoms with Crippen molar-refractivity contribution in [2.45, 2.75) is 13.0 Å². The Morgan fingerprint density at radius 3 is 3.00 bits per heavy atom. The van der Waals surface area contributed by atoms with E-state index in [9.17, 15) is 4.79 Å². The summed E-state index contributed by atoms with van der Waals surface area (Å²) < 4.78 is 10.6. The number of para-hydroxylation sites is 1. The van der Waals surface area contributed by atoms with E-state index in [1.807, 2.05) is 25.2 Å². The molecule has 2 rings (SSSR count). The number of amides is 1. The Hall–Kier alpha value is -1.46. The molecule has 0 aromatic heterocycles. The van der Waals surface area contributed by atoms with Gasteiger partial charge in [-0.05, 0) is 13.1 Å². The molecule has 1 aromatic rings. The van der Waals surface area contributed by atoms with Crippen molar-refractivity contribution in [1.82, 2.24) is 10.6 Å². The third-order valence-electron chi connectivity index (χ3n) is 2.56. The molecule has 0 atom stereocenters. The molecular weight excluding hydrogens is 256 g/mol. The zero-order valence-corrected chi connectivity index (χ0v) is 11.0. The second-order valence-corrected chi connectivity index (χ2v) is 3.78. The van der Waals surface area contributed by atoms with Crippen molar-refractivity contribution in [1.29, 1.82) is 0 Å². The van der Waals surface area contributed by atoms with Gasteiger partial charge < -0.3 is 20.1 Å². The second-order valence-electron chi connectivity index (χ2n) is 3.78. The molecule has 1 heterocycles. The summed E-state index contributed by atoms with van der Waals surface area (Å²) in [5.74, 6) is 1.50. The maximum atomic E-state index is 11.5. The van der Waals surface area contributed by atoms with Gasteiger partial charge in [-0.1, -0.05) is 12.1 Å². The Bertz CT molecular complexity index is 412. The van der Waals surface area contributed by atoms with Crippen molar-refractivity contribution in [2.75, 3.05) is 20.4 Å². The lowest BCUT2D eigenvalue weighted by Gasteiger charge is -2.07. The minimum absolute atomic E-state index is 0. The molecule has 0 saturated carbocycles. The smallest absolute Gasteiger partial charge is 0.231 e. The van der Waals surface area contributed by atoms with Gasteiger partial charge in [0.2, 0.25) is 12.7 Å². The lowest BCUT2D eigenvalue weighted by Crippen LogP contribution is -2.26. The first-order valence-electron chi connectivity index (χ1n) is 5.60. The molecule has 2 N–H and O–H groups in total. The molecule has 1 amide bonds. The van der Waals surface area contributed by atoms with E-state index < -0.39 is 0 Å². The van der Waals surface area contributed by atoms with Gasteiger partial charge in [-0.2, -0.15) is 0 Å². The molecular formula is C12H17ClN2O3. The summed E-state index contributed by atoms with van der Waals surface area (Å²) in [7, 11) is 1.82. The number of carbonyl (C=O) groups is 1. The molecule has 0 fully saturated rings. The minimum Gasteiger partial charge on any atom is -0.454 e. The molecule has 0 radical (unpaired) electrons. The Morgan fingerprint density at radius 2 is 2.22 bits per heavy atom. The molecule has 5 nitrogen and oxygen atoms in total. The maximum absolute atomic E-state index is 11.5. The zero-order chi connectivity index (χ0) is 12.1. The number of benzene rings is 1. The summed E-state index contributed by atoms with van der Waals surface area (Å²) in [5, 5.41) is 5.78. The van der Waals surface area contributed by atoms with Crippen molar-refractivity contribution < 1.29 is 14.3 Å². The highest BCUT2D eigenvalue weighted by molar-refractivity contribution is 5.85. The molecule has 18 heavy (non-hydrogen) atoms. The fourth-order valence-electron chi connectivity index (χ4n) is 1.65. The van der Waals surface area contributed by atoms with E-state index >= 15 is 0 Å².